The van der Waals surface area contributed by atoms with Gasteiger partial charge in [-0.05, 0) is 42.8 Å². The Morgan fingerprint density at radius 2 is 1.88 bits per heavy atom. The minimum absolute atomic E-state index is 0.0697. The fourth-order valence-corrected chi connectivity index (χ4v) is 4.47. The molecule has 10 heteroatoms. The number of hydrogen-bond acceptors (Lipinski definition) is 5. The third-order valence-electron chi connectivity index (χ3n) is 5.27. The van der Waals surface area contributed by atoms with E-state index in [0.717, 1.165) is 4.31 Å². The van der Waals surface area contributed by atoms with Crippen molar-refractivity contribution in [3.63, 3.8) is 0 Å². The third-order valence-corrected chi connectivity index (χ3v) is 7.08. The van der Waals surface area contributed by atoms with E-state index in [4.69, 9.17) is 5.73 Å². The lowest BCUT2D eigenvalue weighted by atomic mass is 10.0. The molecular weight excluding hydrogens is 445 g/mol. The number of halogens is 1. The van der Waals surface area contributed by atoms with Crippen LogP contribution in [0, 0.1) is 6.92 Å². The SMILES string of the molecule is Cc1nc2c(-c3cccc(S(=O)(=O)N(C)C)c3)cc(C(=O)N(C)C)cc2n1C/C(F)=C/CN. The molecule has 3 rings (SSSR count). The van der Waals surface area contributed by atoms with Crippen LogP contribution < -0.4 is 5.73 Å². The number of imidazole rings is 1. The molecular formula is C23H28FN5O3S. The van der Waals surface area contributed by atoms with Gasteiger partial charge in [-0.2, -0.15) is 0 Å². The zero-order valence-electron chi connectivity index (χ0n) is 19.3. The van der Waals surface area contributed by atoms with Crippen LogP contribution in [0.4, 0.5) is 4.39 Å². The van der Waals surface area contributed by atoms with E-state index < -0.39 is 15.9 Å². The summed E-state index contributed by atoms with van der Waals surface area (Å²) in [6.07, 6.45) is 1.29. The van der Waals surface area contributed by atoms with Crippen molar-refractivity contribution < 1.29 is 17.6 Å². The zero-order valence-corrected chi connectivity index (χ0v) is 20.1. The van der Waals surface area contributed by atoms with Gasteiger partial charge in [0.25, 0.3) is 5.91 Å². The second-order valence-corrected chi connectivity index (χ2v) is 10.2. The molecule has 0 unspecified atom stereocenters. The van der Waals surface area contributed by atoms with Crippen LogP contribution in [0.2, 0.25) is 0 Å². The Morgan fingerprint density at radius 1 is 1.18 bits per heavy atom. The van der Waals surface area contributed by atoms with E-state index in [1.807, 2.05) is 0 Å². The average molecular weight is 474 g/mol. The summed E-state index contributed by atoms with van der Waals surface area (Å²) in [4.78, 5) is 19.0. The van der Waals surface area contributed by atoms with Gasteiger partial charge in [-0.25, -0.2) is 22.1 Å². The lowest BCUT2D eigenvalue weighted by Gasteiger charge is -2.15. The Bertz CT molecular complexity index is 1340. The van der Waals surface area contributed by atoms with Crippen LogP contribution in [0.5, 0.6) is 0 Å². The first-order chi connectivity index (χ1) is 15.5. The summed E-state index contributed by atoms with van der Waals surface area (Å²) in [6.45, 7) is 1.74. The summed E-state index contributed by atoms with van der Waals surface area (Å²) in [6, 6.07) is 9.84. The number of carbonyl (C=O) groups is 1. The van der Waals surface area contributed by atoms with Crippen LogP contribution in [0.15, 0.2) is 53.2 Å². The minimum atomic E-state index is -3.66. The first kappa shape index (κ1) is 24.6. The Morgan fingerprint density at radius 3 is 2.48 bits per heavy atom. The van der Waals surface area contributed by atoms with Gasteiger partial charge >= 0.3 is 0 Å². The van der Waals surface area contributed by atoms with Gasteiger partial charge in [0, 0.05) is 45.9 Å². The van der Waals surface area contributed by atoms with E-state index in [9.17, 15) is 17.6 Å². The lowest BCUT2D eigenvalue weighted by molar-refractivity contribution is 0.0827. The first-order valence-electron chi connectivity index (χ1n) is 10.3. The smallest absolute Gasteiger partial charge is 0.253 e. The van der Waals surface area contributed by atoms with Crippen molar-refractivity contribution in [1.29, 1.82) is 0 Å². The van der Waals surface area contributed by atoms with E-state index in [-0.39, 0.29) is 23.9 Å². The van der Waals surface area contributed by atoms with Crippen molar-refractivity contribution in [3.05, 3.63) is 59.7 Å². The predicted molar refractivity (Wildman–Crippen MR) is 127 cm³/mol. The minimum Gasteiger partial charge on any atom is -0.345 e. The number of amides is 1. The van der Waals surface area contributed by atoms with Gasteiger partial charge in [0.05, 0.1) is 22.5 Å². The summed E-state index contributed by atoms with van der Waals surface area (Å²) in [5, 5.41) is 0. The number of sulfonamides is 1. The molecule has 0 aliphatic carbocycles. The molecule has 0 spiro atoms. The van der Waals surface area contributed by atoms with E-state index in [1.165, 1.54) is 31.1 Å². The van der Waals surface area contributed by atoms with Crippen molar-refractivity contribution >= 4 is 27.0 Å². The molecule has 0 bridgehead atoms. The van der Waals surface area contributed by atoms with Crippen molar-refractivity contribution in [2.45, 2.75) is 18.4 Å². The summed E-state index contributed by atoms with van der Waals surface area (Å²) >= 11 is 0. The third kappa shape index (κ3) is 4.82. The molecule has 1 amide bonds. The summed E-state index contributed by atoms with van der Waals surface area (Å²) in [5.74, 6) is -0.0956. The van der Waals surface area contributed by atoms with Crippen LogP contribution in [-0.2, 0) is 16.6 Å². The van der Waals surface area contributed by atoms with Gasteiger partial charge in [0.15, 0.2) is 0 Å². The van der Waals surface area contributed by atoms with Crippen molar-refractivity contribution in [1.82, 2.24) is 18.8 Å². The van der Waals surface area contributed by atoms with Crippen LogP contribution in [0.25, 0.3) is 22.2 Å². The van der Waals surface area contributed by atoms with E-state index in [1.54, 1.807) is 55.9 Å². The van der Waals surface area contributed by atoms with Crippen molar-refractivity contribution in [2.75, 3.05) is 34.7 Å². The molecule has 3 aromatic rings. The highest BCUT2D eigenvalue weighted by Crippen LogP contribution is 2.33. The largest absolute Gasteiger partial charge is 0.345 e. The molecule has 1 aromatic heterocycles. The Kier molecular flexibility index (Phi) is 7.01. The number of hydrogen-bond donors (Lipinski definition) is 1. The van der Waals surface area contributed by atoms with Crippen LogP contribution in [-0.4, -0.2) is 67.8 Å². The maximum Gasteiger partial charge on any atom is 0.253 e. The van der Waals surface area contributed by atoms with Gasteiger partial charge in [-0.15, -0.1) is 0 Å². The van der Waals surface area contributed by atoms with Gasteiger partial charge in [0.1, 0.15) is 11.7 Å². The van der Waals surface area contributed by atoms with Crippen molar-refractivity contribution in [3.8, 4) is 11.1 Å². The maximum atomic E-state index is 14.3. The molecule has 0 aliphatic rings. The summed E-state index contributed by atoms with van der Waals surface area (Å²) < 4.78 is 42.5. The second-order valence-electron chi connectivity index (χ2n) is 8.04. The standard InChI is InChI=1S/C23H28FN5O3S/c1-15-26-22-20(16-7-6-8-19(11-16)33(31,32)28(4)5)12-17(23(30)27(2)3)13-21(22)29(15)14-18(24)9-10-25/h6-9,11-13H,10,14,25H2,1-5H3/b18-9-. The summed E-state index contributed by atoms with van der Waals surface area (Å²) in [7, 11) is 2.55. The molecule has 0 saturated heterocycles. The number of aromatic nitrogens is 2. The van der Waals surface area contributed by atoms with Crippen LogP contribution >= 0.6 is 0 Å². The highest BCUT2D eigenvalue weighted by Gasteiger charge is 2.21. The monoisotopic (exact) mass is 473 g/mol. The number of allylic oxidation sites excluding steroid dienone is 1. The second kappa shape index (κ2) is 9.42. The molecule has 33 heavy (non-hydrogen) atoms. The molecule has 176 valence electrons. The van der Waals surface area contributed by atoms with E-state index >= 15 is 0 Å². The predicted octanol–water partition coefficient (Wildman–Crippen LogP) is 2.78. The van der Waals surface area contributed by atoms with E-state index in [2.05, 4.69) is 4.98 Å². The normalized spacial score (nSPS) is 12.5. The number of nitrogens with zero attached hydrogens (tertiary/aromatic N) is 4. The van der Waals surface area contributed by atoms with Gasteiger partial charge < -0.3 is 15.2 Å². The van der Waals surface area contributed by atoms with Gasteiger partial charge in [-0.1, -0.05) is 12.1 Å². The molecule has 2 aromatic carbocycles. The summed E-state index contributed by atoms with van der Waals surface area (Å²) in [5.41, 5.74) is 8.09. The number of nitrogens with two attached hydrogens (primary N) is 1. The fraction of sp³-hybridized carbons (Fsp3) is 0.304. The molecule has 0 saturated carbocycles. The Balaban J connectivity index is 2.32. The fourth-order valence-electron chi connectivity index (χ4n) is 3.52. The highest BCUT2D eigenvalue weighted by atomic mass is 32.2. The van der Waals surface area contributed by atoms with Gasteiger partial charge in [0.2, 0.25) is 10.0 Å². The quantitative estimate of drug-likeness (QED) is 0.569. The first-order valence-corrected chi connectivity index (χ1v) is 11.7. The molecule has 0 fully saturated rings. The van der Waals surface area contributed by atoms with Crippen LogP contribution in [0.1, 0.15) is 16.2 Å². The zero-order chi connectivity index (χ0) is 24.5. The molecule has 0 atom stereocenters. The van der Waals surface area contributed by atoms with Crippen molar-refractivity contribution in [2.24, 2.45) is 5.73 Å². The van der Waals surface area contributed by atoms with Crippen LogP contribution in [0.3, 0.4) is 0 Å². The molecule has 0 radical (unpaired) electrons. The number of carbonyl (C=O) groups excluding carboxylic acids is 1. The number of rotatable bonds is 7. The molecule has 1 heterocycles. The average Bonchev–Trinajstić information content (AvgIpc) is 3.07. The Hall–Kier alpha value is -3.08. The molecule has 0 aliphatic heterocycles. The van der Waals surface area contributed by atoms with Gasteiger partial charge in [-0.3, -0.25) is 4.79 Å². The lowest BCUT2D eigenvalue weighted by Crippen LogP contribution is -2.22. The number of fused-ring (bicyclic) bond motifs is 1. The number of aryl methyl sites for hydroxylation is 1. The molecule has 2 N–H and O–H groups in total. The highest BCUT2D eigenvalue weighted by molar-refractivity contribution is 7.89. The Labute approximate surface area is 193 Å². The number of benzene rings is 2. The van der Waals surface area contributed by atoms with E-state index in [0.29, 0.717) is 33.5 Å². The maximum absolute atomic E-state index is 14.3. The molecule has 8 nitrogen and oxygen atoms in total. The topological polar surface area (TPSA) is 102 Å².